The fourth-order valence-corrected chi connectivity index (χ4v) is 3.43. The maximum atomic E-state index is 12.2. The maximum absolute atomic E-state index is 12.2. The number of aryl methyl sites for hydroxylation is 1. The van der Waals surface area contributed by atoms with Crippen molar-refractivity contribution in [3.8, 4) is 0 Å². The zero-order valence-electron chi connectivity index (χ0n) is 12.8. The number of carbonyl (C=O) groups is 1. The fraction of sp³-hybridized carbons (Fsp3) is 0.588. The monoisotopic (exact) mass is 287 g/mol. The normalized spacial score (nSPS) is 19.8. The SMILES string of the molecule is Cc1cc(NC(=O)C2CCCC2)ccc1N1CCNCC1. The molecule has 1 aliphatic carbocycles. The third kappa shape index (κ3) is 3.38. The summed E-state index contributed by atoms with van der Waals surface area (Å²) in [5, 5.41) is 6.46. The zero-order chi connectivity index (χ0) is 14.7. The number of hydrogen-bond donors (Lipinski definition) is 2. The third-order valence-electron chi connectivity index (χ3n) is 4.65. The Morgan fingerprint density at radius 3 is 2.62 bits per heavy atom. The molecule has 0 atom stereocenters. The van der Waals surface area contributed by atoms with Gasteiger partial charge in [0.2, 0.25) is 5.91 Å². The summed E-state index contributed by atoms with van der Waals surface area (Å²) in [6.45, 7) is 6.31. The Hall–Kier alpha value is -1.55. The van der Waals surface area contributed by atoms with Gasteiger partial charge in [-0.25, -0.2) is 0 Å². The molecule has 0 aromatic heterocycles. The van der Waals surface area contributed by atoms with Crippen LogP contribution in [0.2, 0.25) is 0 Å². The lowest BCUT2D eigenvalue weighted by Crippen LogP contribution is -2.43. The Labute approximate surface area is 126 Å². The first-order valence-corrected chi connectivity index (χ1v) is 8.11. The van der Waals surface area contributed by atoms with Crippen LogP contribution in [0.15, 0.2) is 18.2 Å². The maximum Gasteiger partial charge on any atom is 0.227 e. The highest BCUT2D eigenvalue weighted by Gasteiger charge is 2.22. The van der Waals surface area contributed by atoms with E-state index in [-0.39, 0.29) is 11.8 Å². The van der Waals surface area contributed by atoms with Crippen LogP contribution in [0.3, 0.4) is 0 Å². The quantitative estimate of drug-likeness (QED) is 0.898. The molecule has 1 saturated carbocycles. The highest BCUT2D eigenvalue weighted by atomic mass is 16.1. The van der Waals surface area contributed by atoms with Crippen molar-refractivity contribution in [3.05, 3.63) is 23.8 Å². The Morgan fingerprint density at radius 2 is 1.95 bits per heavy atom. The van der Waals surface area contributed by atoms with Crippen LogP contribution in [-0.2, 0) is 4.79 Å². The largest absolute Gasteiger partial charge is 0.369 e. The van der Waals surface area contributed by atoms with Crippen molar-refractivity contribution in [2.45, 2.75) is 32.6 Å². The Kier molecular flexibility index (Phi) is 4.44. The van der Waals surface area contributed by atoms with Gasteiger partial charge in [0.1, 0.15) is 0 Å². The number of carbonyl (C=O) groups excluding carboxylic acids is 1. The van der Waals surface area contributed by atoms with Crippen LogP contribution in [0.4, 0.5) is 11.4 Å². The zero-order valence-corrected chi connectivity index (χ0v) is 12.8. The lowest BCUT2D eigenvalue weighted by Gasteiger charge is -2.31. The van der Waals surface area contributed by atoms with Gasteiger partial charge in [-0.15, -0.1) is 0 Å². The molecule has 2 fully saturated rings. The second kappa shape index (κ2) is 6.48. The number of piperazine rings is 1. The van der Waals surface area contributed by atoms with Crippen LogP contribution in [0.1, 0.15) is 31.2 Å². The predicted molar refractivity (Wildman–Crippen MR) is 86.8 cm³/mol. The van der Waals surface area contributed by atoms with Crippen molar-refractivity contribution < 1.29 is 4.79 Å². The summed E-state index contributed by atoms with van der Waals surface area (Å²) >= 11 is 0. The van der Waals surface area contributed by atoms with E-state index >= 15 is 0 Å². The summed E-state index contributed by atoms with van der Waals surface area (Å²) in [6, 6.07) is 6.28. The van der Waals surface area contributed by atoms with Crippen LogP contribution >= 0.6 is 0 Å². The van der Waals surface area contributed by atoms with E-state index in [1.807, 2.05) is 6.07 Å². The Balaban J connectivity index is 1.67. The minimum atomic E-state index is 0.196. The van der Waals surface area contributed by atoms with Crippen LogP contribution in [-0.4, -0.2) is 32.1 Å². The van der Waals surface area contributed by atoms with Gasteiger partial charge in [-0.1, -0.05) is 12.8 Å². The Morgan fingerprint density at radius 1 is 1.24 bits per heavy atom. The molecule has 1 aliphatic heterocycles. The molecule has 1 saturated heterocycles. The molecule has 114 valence electrons. The first-order chi connectivity index (χ1) is 10.2. The number of nitrogens with zero attached hydrogens (tertiary/aromatic N) is 1. The fourth-order valence-electron chi connectivity index (χ4n) is 3.43. The van der Waals surface area contributed by atoms with Crippen molar-refractivity contribution in [1.29, 1.82) is 0 Å². The van der Waals surface area contributed by atoms with Gasteiger partial charge in [-0.05, 0) is 43.5 Å². The van der Waals surface area contributed by atoms with Gasteiger partial charge in [0.25, 0.3) is 0 Å². The summed E-state index contributed by atoms with van der Waals surface area (Å²) in [5.41, 5.74) is 3.46. The number of rotatable bonds is 3. The van der Waals surface area contributed by atoms with Gasteiger partial charge in [-0.2, -0.15) is 0 Å². The van der Waals surface area contributed by atoms with E-state index in [1.54, 1.807) is 0 Å². The number of benzene rings is 1. The van der Waals surface area contributed by atoms with Crippen molar-refractivity contribution in [1.82, 2.24) is 5.32 Å². The molecule has 1 amide bonds. The highest BCUT2D eigenvalue weighted by molar-refractivity contribution is 5.93. The summed E-state index contributed by atoms with van der Waals surface area (Å²) in [7, 11) is 0. The molecule has 1 aromatic carbocycles. The summed E-state index contributed by atoms with van der Waals surface area (Å²) in [4.78, 5) is 14.6. The molecule has 4 nitrogen and oxygen atoms in total. The van der Waals surface area contributed by atoms with E-state index in [2.05, 4.69) is 34.6 Å². The topological polar surface area (TPSA) is 44.4 Å². The molecule has 1 aromatic rings. The molecule has 2 N–H and O–H groups in total. The number of hydrogen-bond acceptors (Lipinski definition) is 3. The molecule has 0 unspecified atom stereocenters. The molecular weight excluding hydrogens is 262 g/mol. The van der Waals surface area contributed by atoms with Gasteiger partial charge in [0.15, 0.2) is 0 Å². The molecule has 1 heterocycles. The lowest BCUT2D eigenvalue weighted by molar-refractivity contribution is -0.119. The van der Waals surface area contributed by atoms with Crippen LogP contribution in [0.25, 0.3) is 0 Å². The lowest BCUT2D eigenvalue weighted by atomic mass is 10.1. The number of anilines is 2. The number of nitrogens with one attached hydrogen (secondary N) is 2. The van der Waals surface area contributed by atoms with E-state index in [9.17, 15) is 4.79 Å². The standard InChI is InChI=1S/C17H25N3O/c1-13-12-15(19-17(21)14-4-2-3-5-14)6-7-16(13)20-10-8-18-9-11-20/h6-7,12,14,18H,2-5,8-11H2,1H3,(H,19,21). The average molecular weight is 287 g/mol. The summed E-state index contributed by atoms with van der Waals surface area (Å²) in [5.74, 6) is 0.417. The van der Waals surface area contributed by atoms with E-state index in [1.165, 1.54) is 24.1 Å². The third-order valence-corrected chi connectivity index (χ3v) is 4.65. The van der Waals surface area contributed by atoms with Crippen molar-refractivity contribution >= 4 is 17.3 Å². The highest BCUT2D eigenvalue weighted by Crippen LogP contribution is 2.28. The minimum Gasteiger partial charge on any atom is -0.369 e. The van der Waals surface area contributed by atoms with E-state index in [0.29, 0.717) is 0 Å². The van der Waals surface area contributed by atoms with E-state index in [0.717, 1.165) is 44.7 Å². The van der Waals surface area contributed by atoms with Gasteiger partial charge < -0.3 is 15.5 Å². The second-order valence-electron chi connectivity index (χ2n) is 6.21. The molecule has 2 aliphatic rings. The second-order valence-corrected chi connectivity index (χ2v) is 6.21. The minimum absolute atomic E-state index is 0.196. The van der Waals surface area contributed by atoms with E-state index in [4.69, 9.17) is 0 Å². The van der Waals surface area contributed by atoms with Gasteiger partial charge >= 0.3 is 0 Å². The molecule has 21 heavy (non-hydrogen) atoms. The van der Waals surface area contributed by atoms with Crippen LogP contribution < -0.4 is 15.5 Å². The molecular formula is C17H25N3O. The molecule has 0 radical (unpaired) electrons. The average Bonchev–Trinajstić information content (AvgIpc) is 3.02. The van der Waals surface area contributed by atoms with Gasteiger partial charge in [-0.3, -0.25) is 4.79 Å². The van der Waals surface area contributed by atoms with Gasteiger partial charge in [0.05, 0.1) is 0 Å². The first-order valence-electron chi connectivity index (χ1n) is 8.11. The predicted octanol–water partition coefficient (Wildman–Crippen LogP) is 2.53. The van der Waals surface area contributed by atoms with Crippen LogP contribution in [0, 0.1) is 12.8 Å². The molecule has 3 rings (SSSR count). The van der Waals surface area contributed by atoms with Crippen LogP contribution in [0.5, 0.6) is 0 Å². The van der Waals surface area contributed by atoms with Crippen molar-refractivity contribution in [2.75, 3.05) is 36.4 Å². The summed E-state index contributed by atoms with van der Waals surface area (Å²) < 4.78 is 0. The first kappa shape index (κ1) is 14.4. The van der Waals surface area contributed by atoms with E-state index < -0.39 is 0 Å². The molecule has 0 spiro atoms. The smallest absolute Gasteiger partial charge is 0.227 e. The summed E-state index contributed by atoms with van der Waals surface area (Å²) in [6.07, 6.45) is 4.48. The molecule has 4 heteroatoms. The van der Waals surface area contributed by atoms with Crippen molar-refractivity contribution in [3.63, 3.8) is 0 Å². The Bertz CT molecular complexity index is 503. The van der Waals surface area contributed by atoms with Gasteiger partial charge in [0, 0.05) is 43.5 Å². The number of amides is 1. The van der Waals surface area contributed by atoms with Crippen molar-refractivity contribution in [2.24, 2.45) is 5.92 Å². The molecule has 0 bridgehead atoms.